The standard InChI is InChI=1S/C21H41N3O2/c1-2-3-4-5-6-7-8-9-10-11-12-13-14-15-16-17-18-26-20-21(25)19-23-24-22/h9-10,21,25H,2-8,11-20H2,1H3/b10-9-/t21-/m0/s1. The molecule has 0 amide bonds. The predicted octanol–water partition coefficient (Wildman–Crippen LogP) is 6.71. The van der Waals surface area contributed by atoms with Gasteiger partial charge < -0.3 is 9.84 Å². The van der Waals surface area contributed by atoms with E-state index in [1.807, 2.05) is 0 Å². The number of unbranched alkanes of at least 4 members (excludes halogenated alkanes) is 12. The molecule has 0 heterocycles. The zero-order valence-electron chi connectivity index (χ0n) is 16.9. The Kier molecular flexibility index (Phi) is 21.1. The van der Waals surface area contributed by atoms with Crippen molar-refractivity contribution in [1.82, 2.24) is 0 Å². The first-order chi connectivity index (χ1) is 12.8. The van der Waals surface area contributed by atoms with E-state index in [0.717, 1.165) is 6.42 Å². The summed E-state index contributed by atoms with van der Waals surface area (Å²) in [6, 6.07) is 0. The Balaban J connectivity index is 3.15. The first-order valence-corrected chi connectivity index (χ1v) is 10.7. The second kappa shape index (κ2) is 22.0. The molecule has 5 heteroatoms. The molecule has 26 heavy (non-hydrogen) atoms. The fourth-order valence-electron chi connectivity index (χ4n) is 2.85. The van der Waals surface area contributed by atoms with Gasteiger partial charge in [0.2, 0.25) is 0 Å². The molecular formula is C21H41N3O2. The highest BCUT2D eigenvalue weighted by Crippen LogP contribution is 2.10. The van der Waals surface area contributed by atoms with Gasteiger partial charge in [-0.3, -0.25) is 0 Å². The Hall–Kier alpha value is -1.03. The van der Waals surface area contributed by atoms with Crippen LogP contribution in [0.15, 0.2) is 17.3 Å². The minimum atomic E-state index is -0.681. The molecule has 0 aromatic heterocycles. The van der Waals surface area contributed by atoms with Gasteiger partial charge in [-0.2, -0.15) is 0 Å². The summed E-state index contributed by atoms with van der Waals surface area (Å²) in [7, 11) is 0. The van der Waals surface area contributed by atoms with Crippen LogP contribution < -0.4 is 0 Å². The molecule has 0 spiro atoms. The van der Waals surface area contributed by atoms with Gasteiger partial charge >= 0.3 is 0 Å². The Morgan fingerprint density at radius 1 is 0.885 bits per heavy atom. The fraction of sp³-hybridized carbons (Fsp3) is 0.905. The lowest BCUT2D eigenvalue weighted by Crippen LogP contribution is -2.18. The van der Waals surface area contributed by atoms with Crippen LogP contribution in [0.1, 0.15) is 96.8 Å². The molecule has 0 saturated carbocycles. The minimum Gasteiger partial charge on any atom is -0.391 e. The molecule has 0 saturated heterocycles. The highest BCUT2D eigenvalue weighted by molar-refractivity contribution is 4.81. The zero-order valence-corrected chi connectivity index (χ0v) is 16.9. The molecule has 0 unspecified atom stereocenters. The number of rotatable bonds is 20. The van der Waals surface area contributed by atoms with Crippen molar-refractivity contribution in [2.75, 3.05) is 19.8 Å². The summed E-state index contributed by atoms with van der Waals surface area (Å²) in [6.07, 6.45) is 22.2. The Morgan fingerprint density at radius 3 is 2.00 bits per heavy atom. The van der Waals surface area contributed by atoms with Crippen molar-refractivity contribution in [3.05, 3.63) is 22.6 Å². The van der Waals surface area contributed by atoms with E-state index < -0.39 is 6.10 Å². The van der Waals surface area contributed by atoms with Crippen molar-refractivity contribution in [3.63, 3.8) is 0 Å². The maximum atomic E-state index is 9.42. The van der Waals surface area contributed by atoms with E-state index in [-0.39, 0.29) is 13.2 Å². The first kappa shape index (κ1) is 25.0. The van der Waals surface area contributed by atoms with Crippen LogP contribution >= 0.6 is 0 Å². The maximum absolute atomic E-state index is 9.42. The molecule has 0 aliphatic heterocycles. The lowest BCUT2D eigenvalue weighted by Gasteiger charge is -2.08. The number of nitrogens with zero attached hydrogens (tertiary/aromatic N) is 3. The summed E-state index contributed by atoms with van der Waals surface area (Å²) in [5, 5.41) is 12.7. The highest BCUT2D eigenvalue weighted by atomic mass is 16.5. The zero-order chi connectivity index (χ0) is 19.1. The number of ether oxygens (including phenoxy) is 1. The summed E-state index contributed by atoms with van der Waals surface area (Å²) < 4.78 is 5.37. The molecule has 0 rings (SSSR count). The molecule has 0 fully saturated rings. The van der Waals surface area contributed by atoms with Gasteiger partial charge in [0, 0.05) is 11.5 Å². The van der Waals surface area contributed by atoms with E-state index in [2.05, 4.69) is 29.1 Å². The van der Waals surface area contributed by atoms with Crippen molar-refractivity contribution >= 4 is 0 Å². The molecule has 0 aliphatic rings. The number of aliphatic hydroxyl groups is 1. The molecule has 0 aliphatic carbocycles. The van der Waals surface area contributed by atoms with Crippen LogP contribution in [-0.2, 0) is 4.74 Å². The van der Waals surface area contributed by atoms with Gasteiger partial charge in [0.05, 0.1) is 19.3 Å². The average Bonchev–Trinajstić information content (AvgIpc) is 2.65. The second-order valence-electron chi connectivity index (χ2n) is 7.08. The van der Waals surface area contributed by atoms with E-state index >= 15 is 0 Å². The minimum absolute atomic E-state index is 0.0872. The van der Waals surface area contributed by atoms with Gasteiger partial charge in [0.1, 0.15) is 0 Å². The number of azide groups is 1. The van der Waals surface area contributed by atoms with Crippen LogP contribution in [0.25, 0.3) is 10.4 Å². The number of hydrogen-bond donors (Lipinski definition) is 1. The summed E-state index contributed by atoms with van der Waals surface area (Å²) in [6.45, 7) is 3.28. The third kappa shape index (κ3) is 21.0. The van der Waals surface area contributed by atoms with Gasteiger partial charge in [0.25, 0.3) is 0 Å². The van der Waals surface area contributed by atoms with Crippen LogP contribution in [0.3, 0.4) is 0 Å². The van der Waals surface area contributed by atoms with Crippen molar-refractivity contribution in [2.24, 2.45) is 5.11 Å². The summed E-state index contributed by atoms with van der Waals surface area (Å²) in [4.78, 5) is 2.61. The second-order valence-corrected chi connectivity index (χ2v) is 7.08. The van der Waals surface area contributed by atoms with E-state index in [9.17, 15) is 5.11 Å². The molecule has 5 nitrogen and oxygen atoms in total. The van der Waals surface area contributed by atoms with Gasteiger partial charge in [-0.25, -0.2) is 0 Å². The smallest absolute Gasteiger partial charge is 0.0829 e. The van der Waals surface area contributed by atoms with Gasteiger partial charge in [-0.15, -0.1) is 0 Å². The molecule has 1 atom stereocenters. The molecule has 0 aromatic rings. The quantitative estimate of drug-likeness (QED) is 0.0853. The first-order valence-electron chi connectivity index (χ1n) is 10.7. The van der Waals surface area contributed by atoms with E-state index in [0.29, 0.717) is 6.61 Å². The molecule has 1 N–H and O–H groups in total. The van der Waals surface area contributed by atoms with E-state index in [1.54, 1.807) is 0 Å². The van der Waals surface area contributed by atoms with Crippen molar-refractivity contribution in [3.8, 4) is 0 Å². The third-order valence-corrected chi connectivity index (χ3v) is 4.47. The van der Waals surface area contributed by atoms with Crippen molar-refractivity contribution in [1.29, 1.82) is 0 Å². The van der Waals surface area contributed by atoms with Crippen LogP contribution in [0.5, 0.6) is 0 Å². The van der Waals surface area contributed by atoms with Crippen LogP contribution in [0, 0.1) is 0 Å². The lowest BCUT2D eigenvalue weighted by atomic mass is 10.1. The molecule has 0 radical (unpaired) electrons. The summed E-state index contributed by atoms with van der Waals surface area (Å²) in [5.74, 6) is 0. The molecule has 0 aromatic carbocycles. The van der Waals surface area contributed by atoms with Gasteiger partial charge in [-0.05, 0) is 37.6 Å². The van der Waals surface area contributed by atoms with Crippen molar-refractivity contribution in [2.45, 2.75) is 103 Å². The number of hydrogen-bond acceptors (Lipinski definition) is 3. The number of allylic oxidation sites excluding steroid dienone is 2. The molecular weight excluding hydrogens is 326 g/mol. The van der Waals surface area contributed by atoms with Crippen molar-refractivity contribution < 1.29 is 9.84 Å². The Labute approximate surface area is 160 Å². The monoisotopic (exact) mass is 367 g/mol. The van der Waals surface area contributed by atoms with E-state index in [1.165, 1.54) is 83.5 Å². The van der Waals surface area contributed by atoms with Crippen LogP contribution in [0.4, 0.5) is 0 Å². The topological polar surface area (TPSA) is 78.2 Å². The molecule has 152 valence electrons. The Morgan fingerprint density at radius 2 is 1.42 bits per heavy atom. The Bertz CT molecular complexity index is 355. The third-order valence-electron chi connectivity index (χ3n) is 4.47. The molecule has 0 bridgehead atoms. The SMILES string of the molecule is CCCCCCCC/C=C\CCCCCCCCOC[C@@H](O)CN=[N+]=[N-]. The summed E-state index contributed by atoms with van der Waals surface area (Å²) >= 11 is 0. The van der Waals surface area contributed by atoms with Gasteiger partial charge in [0.15, 0.2) is 0 Å². The van der Waals surface area contributed by atoms with Gasteiger partial charge in [-0.1, -0.05) is 82.0 Å². The highest BCUT2D eigenvalue weighted by Gasteiger charge is 2.01. The predicted molar refractivity (Wildman–Crippen MR) is 110 cm³/mol. The van der Waals surface area contributed by atoms with Crippen LogP contribution in [-0.4, -0.2) is 31.0 Å². The summed E-state index contributed by atoms with van der Waals surface area (Å²) in [5.41, 5.74) is 8.15. The fourth-order valence-corrected chi connectivity index (χ4v) is 2.85. The van der Waals surface area contributed by atoms with Crippen LogP contribution in [0.2, 0.25) is 0 Å². The maximum Gasteiger partial charge on any atom is 0.0829 e. The van der Waals surface area contributed by atoms with E-state index in [4.69, 9.17) is 10.3 Å². The lowest BCUT2D eigenvalue weighted by molar-refractivity contribution is 0.0397. The average molecular weight is 368 g/mol. The largest absolute Gasteiger partial charge is 0.391 e. The normalized spacial score (nSPS) is 12.4. The number of aliphatic hydroxyl groups excluding tert-OH is 1.